The van der Waals surface area contributed by atoms with Crippen molar-refractivity contribution in [3.63, 3.8) is 0 Å². The van der Waals surface area contributed by atoms with Crippen LogP contribution in [0.4, 0.5) is 4.79 Å². The number of imide groups is 1. The smallest absolute Gasteiger partial charge is 0.294 e. The van der Waals surface area contributed by atoms with Crippen molar-refractivity contribution in [1.29, 1.82) is 0 Å². The summed E-state index contributed by atoms with van der Waals surface area (Å²) in [6.45, 7) is 4.90. The Kier molecular flexibility index (Phi) is 7.29. The van der Waals surface area contributed by atoms with Gasteiger partial charge in [-0.25, -0.2) is 0 Å². The molecular weight excluding hydrogens is 368 g/mol. The largest absolute Gasteiger partial charge is 0.504 e. The molecule has 0 aromatic heterocycles. The van der Waals surface area contributed by atoms with Gasteiger partial charge in [-0.2, -0.15) is 0 Å². The molecule has 0 atom stereocenters. The summed E-state index contributed by atoms with van der Waals surface area (Å²) in [7, 11) is 1.44. The minimum absolute atomic E-state index is 0.0598. The molecule has 8 heteroatoms. The Morgan fingerprint density at radius 2 is 1.93 bits per heavy atom. The number of phenols is 1. The molecule has 1 aliphatic rings. The first-order chi connectivity index (χ1) is 12.9. The predicted octanol–water partition coefficient (Wildman–Crippen LogP) is 3.09. The molecule has 0 spiro atoms. The average Bonchev–Trinajstić information content (AvgIpc) is 2.89. The summed E-state index contributed by atoms with van der Waals surface area (Å²) in [5.41, 5.74) is 0.559. The number of hydrogen-bond acceptors (Lipinski definition) is 6. The lowest BCUT2D eigenvalue weighted by Gasteiger charge is -2.23. The van der Waals surface area contributed by atoms with Crippen molar-refractivity contribution < 1.29 is 24.2 Å². The minimum Gasteiger partial charge on any atom is -0.504 e. The first kappa shape index (κ1) is 20.8. The summed E-state index contributed by atoms with van der Waals surface area (Å²) in [4.78, 5) is 40.1. The van der Waals surface area contributed by atoms with E-state index < -0.39 is 11.1 Å². The Morgan fingerprint density at radius 3 is 2.48 bits per heavy atom. The van der Waals surface area contributed by atoms with E-state index in [9.17, 15) is 19.5 Å². The topological polar surface area (TPSA) is 87.2 Å². The molecule has 1 aromatic carbocycles. The Morgan fingerprint density at radius 1 is 1.26 bits per heavy atom. The number of carbonyl (C=O) groups is 3. The second kappa shape index (κ2) is 9.45. The van der Waals surface area contributed by atoms with Crippen LogP contribution in [0.2, 0.25) is 0 Å². The number of ether oxygens (including phenoxy) is 1. The number of rotatable bonds is 8. The summed E-state index contributed by atoms with van der Waals surface area (Å²) in [6, 6.07) is 4.69. The fourth-order valence-corrected chi connectivity index (χ4v) is 3.56. The first-order valence-electron chi connectivity index (χ1n) is 8.81. The number of carbonyl (C=O) groups excluding carboxylic acids is 3. The maximum atomic E-state index is 12.6. The molecule has 27 heavy (non-hydrogen) atoms. The van der Waals surface area contributed by atoms with Crippen LogP contribution in [-0.2, 0) is 9.59 Å². The second-order valence-electron chi connectivity index (χ2n) is 6.08. The molecule has 2 rings (SSSR count). The summed E-state index contributed by atoms with van der Waals surface area (Å²) < 4.78 is 4.98. The van der Waals surface area contributed by atoms with Gasteiger partial charge in [0, 0.05) is 13.1 Å². The molecule has 146 valence electrons. The van der Waals surface area contributed by atoms with E-state index in [0.717, 1.165) is 29.5 Å². The maximum Gasteiger partial charge on any atom is 0.294 e. The van der Waals surface area contributed by atoms with E-state index >= 15 is 0 Å². The molecule has 0 unspecified atom stereocenters. The molecule has 0 aliphatic carbocycles. The van der Waals surface area contributed by atoms with Crippen molar-refractivity contribution in [1.82, 2.24) is 9.80 Å². The van der Waals surface area contributed by atoms with Gasteiger partial charge in [0.25, 0.3) is 11.1 Å². The van der Waals surface area contributed by atoms with Crippen LogP contribution in [0.3, 0.4) is 0 Å². The number of phenolic OH excluding ortho intramolecular Hbond substituents is 1. The number of aromatic hydroxyl groups is 1. The van der Waals surface area contributed by atoms with E-state index in [1.54, 1.807) is 17.0 Å². The lowest BCUT2D eigenvalue weighted by molar-refractivity contribution is -0.135. The molecule has 0 saturated carbocycles. The van der Waals surface area contributed by atoms with Gasteiger partial charge in [-0.1, -0.05) is 19.9 Å². The van der Waals surface area contributed by atoms with Crippen LogP contribution in [0.15, 0.2) is 23.1 Å². The van der Waals surface area contributed by atoms with Gasteiger partial charge < -0.3 is 14.7 Å². The molecule has 7 nitrogen and oxygen atoms in total. The van der Waals surface area contributed by atoms with Gasteiger partial charge in [-0.3, -0.25) is 19.3 Å². The van der Waals surface area contributed by atoms with E-state index in [1.165, 1.54) is 19.3 Å². The Bertz CT molecular complexity index is 756. The molecule has 1 saturated heterocycles. The van der Waals surface area contributed by atoms with E-state index in [1.807, 2.05) is 13.8 Å². The summed E-state index contributed by atoms with van der Waals surface area (Å²) in [5.74, 6) is -0.473. The predicted molar refractivity (Wildman–Crippen MR) is 104 cm³/mol. The molecular formula is C19H24N2O5S. The van der Waals surface area contributed by atoms with Crippen LogP contribution in [0, 0.1) is 0 Å². The summed E-state index contributed by atoms with van der Waals surface area (Å²) in [6.07, 6.45) is 3.15. The maximum absolute atomic E-state index is 12.6. The highest BCUT2D eigenvalue weighted by molar-refractivity contribution is 8.18. The molecule has 1 fully saturated rings. The van der Waals surface area contributed by atoms with Gasteiger partial charge in [0.2, 0.25) is 5.91 Å². The lowest BCUT2D eigenvalue weighted by atomic mass is 10.2. The molecule has 0 radical (unpaired) electrons. The Balaban J connectivity index is 2.14. The fourth-order valence-electron chi connectivity index (χ4n) is 2.72. The van der Waals surface area contributed by atoms with Crippen LogP contribution in [0.1, 0.15) is 32.3 Å². The van der Waals surface area contributed by atoms with Gasteiger partial charge in [0.15, 0.2) is 11.5 Å². The van der Waals surface area contributed by atoms with Crippen molar-refractivity contribution in [3.8, 4) is 11.5 Å². The number of hydrogen-bond donors (Lipinski definition) is 1. The van der Waals surface area contributed by atoms with Crippen molar-refractivity contribution in [2.75, 3.05) is 26.7 Å². The second-order valence-corrected chi connectivity index (χ2v) is 7.07. The van der Waals surface area contributed by atoms with E-state index in [-0.39, 0.29) is 23.1 Å². The summed E-state index contributed by atoms with van der Waals surface area (Å²) >= 11 is 0.788. The van der Waals surface area contributed by atoms with E-state index in [0.29, 0.717) is 24.4 Å². The molecule has 1 aliphatic heterocycles. The Hall–Kier alpha value is -2.48. The van der Waals surface area contributed by atoms with Crippen LogP contribution in [0.25, 0.3) is 6.08 Å². The van der Waals surface area contributed by atoms with Gasteiger partial charge in [-0.05, 0) is 48.4 Å². The lowest BCUT2D eigenvalue weighted by Crippen LogP contribution is -2.42. The quantitative estimate of drug-likeness (QED) is 0.684. The summed E-state index contributed by atoms with van der Waals surface area (Å²) in [5, 5.41) is 9.38. The fraction of sp³-hybridized carbons (Fsp3) is 0.421. The first-order valence-corrected chi connectivity index (χ1v) is 9.63. The highest BCUT2D eigenvalue weighted by Crippen LogP contribution is 2.34. The highest BCUT2D eigenvalue weighted by atomic mass is 32.2. The van der Waals surface area contributed by atoms with E-state index in [2.05, 4.69) is 0 Å². The normalized spacial score (nSPS) is 15.5. The molecule has 1 N–H and O–H groups in total. The van der Waals surface area contributed by atoms with Crippen molar-refractivity contribution in [2.24, 2.45) is 0 Å². The average molecular weight is 392 g/mol. The van der Waals surface area contributed by atoms with Crippen LogP contribution in [-0.4, -0.2) is 58.7 Å². The third-order valence-corrected chi connectivity index (χ3v) is 4.91. The third-order valence-electron chi connectivity index (χ3n) is 4.01. The SMILES string of the molecule is CCCN(CCC)C(=O)CN1C(=O)S/C(=C\c2ccc(OC)c(O)c2)C1=O. The zero-order chi connectivity index (χ0) is 20.0. The third kappa shape index (κ3) is 5.03. The van der Waals surface area contributed by atoms with Crippen LogP contribution < -0.4 is 4.74 Å². The van der Waals surface area contributed by atoms with Gasteiger partial charge in [0.1, 0.15) is 6.54 Å². The van der Waals surface area contributed by atoms with Gasteiger partial charge >= 0.3 is 0 Å². The van der Waals surface area contributed by atoms with Crippen molar-refractivity contribution in [3.05, 3.63) is 28.7 Å². The van der Waals surface area contributed by atoms with E-state index in [4.69, 9.17) is 4.74 Å². The van der Waals surface area contributed by atoms with Gasteiger partial charge in [0.05, 0.1) is 12.0 Å². The van der Waals surface area contributed by atoms with Gasteiger partial charge in [-0.15, -0.1) is 0 Å². The number of thioether (sulfide) groups is 1. The molecule has 1 heterocycles. The van der Waals surface area contributed by atoms with Crippen molar-refractivity contribution >= 4 is 34.9 Å². The number of benzene rings is 1. The number of methoxy groups -OCH3 is 1. The van der Waals surface area contributed by atoms with Crippen LogP contribution in [0.5, 0.6) is 11.5 Å². The van der Waals surface area contributed by atoms with Crippen molar-refractivity contribution in [2.45, 2.75) is 26.7 Å². The standard InChI is InChI=1S/C19H24N2O5S/c1-4-8-20(9-5-2)17(23)12-21-18(24)16(27-19(21)25)11-13-6-7-15(26-3)14(22)10-13/h6-7,10-11,22H,4-5,8-9,12H2,1-3H3/b16-11-. The minimum atomic E-state index is -0.499. The van der Waals surface area contributed by atoms with Crippen LogP contribution >= 0.6 is 11.8 Å². The number of amides is 3. The molecule has 0 bridgehead atoms. The highest BCUT2D eigenvalue weighted by Gasteiger charge is 2.37. The molecule has 3 amide bonds. The number of nitrogens with zero attached hydrogens (tertiary/aromatic N) is 2. The Labute approximate surface area is 163 Å². The zero-order valence-electron chi connectivity index (χ0n) is 15.7. The monoisotopic (exact) mass is 392 g/mol. The molecule has 1 aromatic rings. The zero-order valence-corrected chi connectivity index (χ0v) is 16.5.